The molecule has 65 heavy (non-hydrogen) atoms. The molecule has 0 aliphatic carbocycles. The lowest BCUT2D eigenvalue weighted by Crippen LogP contribution is -2.30. The van der Waals surface area contributed by atoms with Gasteiger partial charge in [-0.15, -0.1) is 0 Å². The Morgan fingerprint density at radius 1 is 0.308 bits per heavy atom. The molecule has 0 saturated heterocycles. The summed E-state index contributed by atoms with van der Waals surface area (Å²) in [5, 5.41) is 0. The minimum Gasteiger partial charge on any atom is -0.462 e. The highest BCUT2D eigenvalue weighted by Gasteiger charge is 2.19. The van der Waals surface area contributed by atoms with E-state index in [1.807, 2.05) is 0 Å². The number of hydrogen-bond donors (Lipinski definition) is 0. The van der Waals surface area contributed by atoms with E-state index < -0.39 is 6.10 Å². The van der Waals surface area contributed by atoms with E-state index in [1.54, 1.807) is 0 Å². The maximum absolute atomic E-state index is 12.8. The Balaban J connectivity index is 4.34. The van der Waals surface area contributed by atoms with Gasteiger partial charge in [0.15, 0.2) is 6.10 Å². The van der Waals surface area contributed by atoms with Crippen molar-refractivity contribution in [3.8, 4) is 0 Å². The molecular weight excluding hydrogens is 805 g/mol. The fourth-order valence-corrected chi connectivity index (χ4v) is 8.31. The van der Waals surface area contributed by atoms with Crippen molar-refractivity contribution in [3.05, 3.63) is 36.5 Å². The van der Waals surface area contributed by atoms with Gasteiger partial charge in [0.05, 0.1) is 0 Å². The van der Waals surface area contributed by atoms with Gasteiger partial charge in [-0.05, 0) is 70.6 Å². The first-order valence-corrected chi connectivity index (χ1v) is 28.5. The molecule has 6 heteroatoms. The average molecular weight is 914 g/mol. The van der Waals surface area contributed by atoms with Crippen LogP contribution in [-0.4, -0.2) is 37.2 Å². The number of ether oxygens (including phenoxy) is 3. The van der Waals surface area contributed by atoms with Crippen LogP contribution in [0.1, 0.15) is 303 Å². The van der Waals surface area contributed by atoms with Crippen molar-refractivity contribution >= 4 is 17.9 Å². The molecule has 0 radical (unpaired) electrons. The molecule has 380 valence electrons. The Hall–Kier alpha value is -2.37. The monoisotopic (exact) mass is 913 g/mol. The van der Waals surface area contributed by atoms with Crippen molar-refractivity contribution in [2.24, 2.45) is 0 Å². The van der Waals surface area contributed by atoms with E-state index in [0.717, 1.165) is 77.0 Å². The third-order valence-corrected chi connectivity index (χ3v) is 12.6. The molecule has 0 heterocycles. The minimum absolute atomic E-state index is 0.0820. The van der Waals surface area contributed by atoms with Gasteiger partial charge in [0.25, 0.3) is 0 Å². The van der Waals surface area contributed by atoms with Crippen LogP contribution in [0.5, 0.6) is 0 Å². The summed E-state index contributed by atoms with van der Waals surface area (Å²) in [5.74, 6) is -0.903. The number of esters is 3. The van der Waals surface area contributed by atoms with E-state index in [2.05, 4.69) is 57.2 Å². The predicted molar refractivity (Wildman–Crippen MR) is 279 cm³/mol. The molecule has 0 N–H and O–H groups in total. The van der Waals surface area contributed by atoms with Gasteiger partial charge in [0.2, 0.25) is 0 Å². The Morgan fingerprint density at radius 2 is 0.554 bits per heavy atom. The van der Waals surface area contributed by atoms with Gasteiger partial charge in [-0.2, -0.15) is 0 Å². The lowest BCUT2D eigenvalue weighted by atomic mass is 10.0. The zero-order valence-corrected chi connectivity index (χ0v) is 43.5. The van der Waals surface area contributed by atoms with Gasteiger partial charge in [-0.25, -0.2) is 0 Å². The number of allylic oxidation sites excluding steroid dienone is 6. The third-order valence-electron chi connectivity index (χ3n) is 12.6. The van der Waals surface area contributed by atoms with Crippen LogP contribution in [0.25, 0.3) is 0 Å². The van der Waals surface area contributed by atoms with Crippen LogP contribution in [0.15, 0.2) is 36.5 Å². The van der Waals surface area contributed by atoms with Gasteiger partial charge in [0.1, 0.15) is 13.2 Å². The van der Waals surface area contributed by atoms with Crippen LogP contribution in [0.3, 0.4) is 0 Å². The molecule has 0 aromatic heterocycles. The maximum atomic E-state index is 12.8. The Morgan fingerprint density at radius 3 is 0.908 bits per heavy atom. The Labute approximate surface area is 404 Å². The summed E-state index contributed by atoms with van der Waals surface area (Å²) in [5.41, 5.74) is 0. The van der Waals surface area contributed by atoms with Crippen molar-refractivity contribution in [1.82, 2.24) is 0 Å². The fraction of sp³-hybridized carbons (Fsp3) is 0.847. The summed E-state index contributed by atoms with van der Waals surface area (Å²) in [4.78, 5) is 38.1. The second-order valence-corrected chi connectivity index (χ2v) is 19.2. The van der Waals surface area contributed by atoms with E-state index >= 15 is 0 Å². The highest BCUT2D eigenvalue weighted by molar-refractivity contribution is 5.71. The summed E-state index contributed by atoms with van der Waals surface area (Å²) < 4.78 is 16.8. The number of carbonyl (C=O) groups excluding carboxylic acids is 3. The molecule has 1 unspecified atom stereocenters. The van der Waals surface area contributed by atoms with E-state index in [1.165, 1.54) is 186 Å². The van der Waals surface area contributed by atoms with Gasteiger partial charge in [0, 0.05) is 19.3 Å². The standard InChI is InChI=1S/C59H108O6/c1-4-7-10-13-16-19-22-25-27-29-30-31-33-34-37-40-43-46-49-52-58(61)64-55-56(54-63-57(60)51-48-45-42-39-36-24-21-18-15-12-9-6-3)65-59(62)53-50-47-44-41-38-35-32-28-26-23-20-17-14-11-8-5-2/h18,21,28,32,35,38,56H,4-17,19-20,22-27,29-31,33-34,36-37,39-55H2,1-3H3/b21-18-,32-28-,38-35-. The van der Waals surface area contributed by atoms with E-state index in [4.69, 9.17) is 14.2 Å². The zero-order valence-electron chi connectivity index (χ0n) is 43.5. The predicted octanol–water partition coefficient (Wildman–Crippen LogP) is 18.9. The van der Waals surface area contributed by atoms with Crippen molar-refractivity contribution in [3.63, 3.8) is 0 Å². The second-order valence-electron chi connectivity index (χ2n) is 19.2. The van der Waals surface area contributed by atoms with E-state index in [-0.39, 0.29) is 31.1 Å². The summed E-state index contributed by atoms with van der Waals surface area (Å²) in [7, 11) is 0. The van der Waals surface area contributed by atoms with E-state index in [9.17, 15) is 14.4 Å². The average Bonchev–Trinajstić information content (AvgIpc) is 3.30. The third kappa shape index (κ3) is 52.5. The topological polar surface area (TPSA) is 78.9 Å². The SMILES string of the molecule is CCCCC/C=C\CCCCCCCC(=O)OCC(COC(=O)CCCCCCCCCCCCCCCCCCCCC)OC(=O)CCCCC/C=C\C=C/CCCCCCCCC. The maximum Gasteiger partial charge on any atom is 0.306 e. The Bertz CT molecular complexity index is 1090. The first-order chi connectivity index (χ1) is 32.0. The van der Waals surface area contributed by atoms with Gasteiger partial charge >= 0.3 is 17.9 Å². The lowest BCUT2D eigenvalue weighted by molar-refractivity contribution is -0.167. The number of hydrogen-bond acceptors (Lipinski definition) is 6. The number of unbranched alkanes of at least 4 members (excludes halogenated alkanes) is 36. The second kappa shape index (κ2) is 54.2. The molecule has 0 bridgehead atoms. The van der Waals surface area contributed by atoms with E-state index in [0.29, 0.717) is 19.3 Å². The molecule has 0 spiro atoms. The fourth-order valence-electron chi connectivity index (χ4n) is 8.31. The normalized spacial score (nSPS) is 12.2. The first kappa shape index (κ1) is 62.6. The molecule has 6 nitrogen and oxygen atoms in total. The van der Waals surface area contributed by atoms with Crippen molar-refractivity contribution in [2.75, 3.05) is 13.2 Å². The molecule has 1 atom stereocenters. The van der Waals surface area contributed by atoms with Crippen molar-refractivity contribution in [2.45, 2.75) is 309 Å². The quantitative estimate of drug-likeness (QED) is 0.0199. The van der Waals surface area contributed by atoms with Gasteiger partial charge in [-0.1, -0.05) is 250 Å². The first-order valence-electron chi connectivity index (χ1n) is 28.5. The summed E-state index contributed by atoms with van der Waals surface area (Å²) in [6, 6.07) is 0. The van der Waals surface area contributed by atoms with Crippen LogP contribution in [-0.2, 0) is 28.6 Å². The molecule has 0 aromatic rings. The van der Waals surface area contributed by atoms with Gasteiger partial charge in [-0.3, -0.25) is 14.4 Å². The molecule has 0 aliphatic rings. The van der Waals surface area contributed by atoms with Crippen molar-refractivity contribution < 1.29 is 28.6 Å². The van der Waals surface area contributed by atoms with Crippen molar-refractivity contribution in [1.29, 1.82) is 0 Å². The number of rotatable bonds is 52. The summed E-state index contributed by atoms with van der Waals surface area (Å²) in [6.07, 6.45) is 64.2. The molecule has 0 saturated carbocycles. The van der Waals surface area contributed by atoms with Crippen LogP contribution < -0.4 is 0 Å². The van der Waals surface area contributed by atoms with Crippen LogP contribution in [0, 0.1) is 0 Å². The number of carbonyl (C=O) groups is 3. The smallest absolute Gasteiger partial charge is 0.306 e. The van der Waals surface area contributed by atoms with Crippen LogP contribution >= 0.6 is 0 Å². The lowest BCUT2D eigenvalue weighted by Gasteiger charge is -2.18. The summed E-state index contributed by atoms with van der Waals surface area (Å²) in [6.45, 7) is 6.62. The zero-order chi connectivity index (χ0) is 47.2. The Kier molecular flexibility index (Phi) is 52.3. The molecular formula is C59H108O6. The molecule has 0 rings (SSSR count). The molecule has 0 fully saturated rings. The van der Waals surface area contributed by atoms with Crippen LogP contribution in [0.4, 0.5) is 0 Å². The highest BCUT2D eigenvalue weighted by atomic mass is 16.6. The largest absolute Gasteiger partial charge is 0.462 e. The minimum atomic E-state index is -0.786. The van der Waals surface area contributed by atoms with Gasteiger partial charge < -0.3 is 14.2 Å². The summed E-state index contributed by atoms with van der Waals surface area (Å²) >= 11 is 0. The highest BCUT2D eigenvalue weighted by Crippen LogP contribution is 2.16. The van der Waals surface area contributed by atoms with Crippen LogP contribution in [0.2, 0.25) is 0 Å². The molecule has 0 amide bonds. The molecule has 0 aliphatic heterocycles. The molecule has 0 aromatic carbocycles.